The van der Waals surface area contributed by atoms with Crippen molar-refractivity contribution in [3.8, 4) is 11.5 Å². The Kier molecular flexibility index (Phi) is 6.10. The van der Waals surface area contributed by atoms with Crippen LogP contribution in [-0.4, -0.2) is 35.1 Å². The van der Waals surface area contributed by atoms with Gasteiger partial charge in [0.2, 0.25) is 0 Å². The molecule has 0 radical (unpaired) electrons. The molecule has 0 spiro atoms. The van der Waals surface area contributed by atoms with Gasteiger partial charge in [-0.2, -0.15) is 0 Å². The van der Waals surface area contributed by atoms with Crippen LogP contribution in [0, 0.1) is 6.92 Å². The SMILES string of the molecule is CCNC(=O)c1cc(S(=O)(=O)Nc2cc(C)ccc2OC)ccc1OC. The summed E-state index contributed by atoms with van der Waals surface area (Å²) in [7, 11) is -1.04. The molecule has 0 atom stereocenters. The zero-order valence-electron chi connectivity index (χ0n) is 15.1. The van der Waals surface area contributed by atoms with Crippen molar-refractivity contribution in [3.63, 3.8) is 0 Å². The lowest BCUT2D eigenvalue weighted by Gasteiger charge is -2.14. The van der Waals surface area contributed by atoms with Gasteiger partial charge in [0, 0.05) is 6.54 Å². The van der Waals surface area contributed by atoms with Gasteiger partial charge in [-0.25, -0.2) is 8.42 Å². The van der Waals surface area contributed by atoms with Crippen molar-refractivity contribution in [1.29, 1.82) is 0 Å². The first-order valence-corrected chi connectivity index (χ1v) is 9.44. The lowest BCUT2D eigenvalue weighted by molar-refractivity contribution is 0.0952. The maximum Gasteiger partial charge on any atom is 0.262 e. The quantitative estimate of drug-likeness (QED) is 0.772. The molecule has 2 aromatic rings. The average Bonchev–Trinajstić information content (AvgIpc) is 2.61. The Morgan fingerprint density at radius 3 is 2.31 bits per heavy atom. The number of carbonyl (C=O) groups excluding carboxylic acids is 1. The van der Waals surface area contributed by atoms with E-state index in [1.807, 2.05) is 13.0 Å². The number of benzene rings is 2. The van der Waals surface area contributed by atoms with Crippen LogP contribution in [0.3, 0.4) is 0 Å². The highest BCUT2D eigenvalue weighted by Gasteiger charge is 2.21. The van der Waals surface area contributed by atoms with Gasteiger partial charge in [0.15, 0.2) is 0 Å². The summed E-state index contributed by atoms with van der Waals surface area (Å²) >= 11 is 0. The van der Waals surface area contributed by atoms with Crippen LogP contribution in [0.15, 0.2) is 41.3 Å². The predicted octanol–water partition coefficient (Wildman–Crippen LogP) is 2.56. The maximum atomic E-state index is 12.8. The van der Waals surface area contributed by atoms with E-state index in [9.17, 15) is 13.2 Å². The number of amides is 1. The molecule has 0 aromatic heterocycles. The lowest BCUT2D eigenvalue weighted by Crippen LogP contribution is -2.24. The van der Waals surface area contributed by atoms with E-state index in [0.29, 0.717) is 23.7 Å². The summed E-state index contributed by atoms with van der Waals surface area (Å²) in [5.74, 6) is 0.286. The van der Waals surface area contributed by atoms with Crippen LogP contribution in [0.1, 0.15) is 22.8 Å². The molecule has 2 rings (SSSR count). The van der Waals surface area contributed by atoms with Crippen molar-refractivity contribution in [1.82, 2.24) is 5.32 Å². The summed E-state index contributed by atoms with van der Waals surface area (Å²) in [5, 5.41) is 2.64. The standard InChI is InChI=1S/C18H22N2O5S/c1-5-19-18(21)14-11-13(7-9-16(14)24-3)26(22,23)20-15-10-12(2)6-8-17(15)25-4/h6-11,20H,5H2,1-4H3,(H,19,21). The molecule has 0 aliphatic carbocycles. The molecule has 0 bridgehead atoms. The Labute approximate surface area is 153 Å². The number of methoxy groups -OCH3 is 2. The third-order valence-electron chi connectivity index (χ3n) is 3.66. The minimum Gasteiger partial charge on any atom is -0.496 e. The zero-order valence-corrected chi connectivity index (χ0v) is 15.9. The Balaban J connectivity index is 2.45. The van der Waals surface area contributed by atoms with Crippen molar-refractivity contribution in [2.45, 2.75) is 18.7 Å². The zero-order chi connectivity index (χ0) is 19.3. The Bertz CT molecular complexity index is 910. The van der Waals surface area contributed by atoms with Crippen LogP contribution in [0.4, 0.5) is 5.69 Å². The largest absolute Gasteiger partial charge is 0.496 e. The van der Waals surface area contributed by atoms with Gasteiger partial charge in [-0.3, -0.25) is 9.52 Å². The van der Waals surface area contributed by atoms with Gasteiger partial charge in [-0.1, -0.05) is 6.07 Å². The molecular formula is C18H22N2O5S. The van der Waals surface area contributed by atoms with Crippen molar-refractivity contribution >= 4 is 21.6 Å². The summed E-state index contributed by atoms with van der Waals surface area (Å²) in [6, 6.07) is 9.29. The van der Waals surface area contributed by atoms with E-state index in [1.165, 1.54) is 32.4 Å². The maximum absolute atomic E-state index is 12.8. The molecule has 8 heteroatoms. The molecular weight excluding hydrogens is 356 g/mol. The first kappa shape index (κ1) is 19.6. The fourth-order valence-corrected chi connectivity index (χ4v) is 3.48. The number of carbonyl (C=O) groups is 1. The van der Waals surface area contributed by atoms with E-state index in [4.69, 9.17) is 9.47 Å². The molecule has 2 aromatic carbocycles. The molecule has 0 saturated heterocycles. The highest BCUT2D eigenvalue weighted by atomic mass is 32.2. The minimum atomic E-state index is -3.92. The van der Waals surface area contributed by atoms with Gasteiger partial charge >= 0.3 is 0 Å². The molecule has 0 heterocycles. The molecule has 0 saturated carbocycles. The molecule has 1 amide bonds. The molecule has 0 aliphatic heterocycles. The number of aryl methyl sites for hydroxylation is 1. The van der Waals surface area contributed by atoms with Crippen molar-refractivity contribution in [2.24, 2.45) is 0 Å². The van der Waals surface area contributed by atoms with Crippen molar-refractivity contribution in [2.75, 3.05) is 25.5 Å². The van der Waals surface area contributed by atoms with Crippen molar-refractivity contribution < 1.29 is 22.7 Å². The summed E-state index contributed by atoms with van der Waals surface area (Å²) in [5.41, 5.74) is 1.34. The second-order valence-corrected chi connectivity index (χ2v) is 7.21. The van der Waals surface area contributed by atoms with Crippen molar-refractivity contribution in [3.05, 3.63) is 47.5 Å². The van der Waals surface area contributed by atoms with Gasteiger partial charge < -0.3 is 14.8 Å². The number of anilines is 1. The molecule has 0 aliphatic rings. The molecule has 0 unspecified atom stereocenters. The highest BCUT2D eigenvalue weighted by Crippen LogP contribution is 2.29. The second kappa shape index (κ2) is 8.09. The van der Waals surface area contributed by atoms with Crippen LogP contribution in [0.2, 0.25) is 0 Å². The Morgan fingerprint density at radius 2 is 1.69 bits per heavy atom. The van der Waals surface area contributed by atoms with E-state index >= 15 is 0 Å². The van der Waals surface area contributed by atoms with Gasteiger partial charge in [0.05, 0.1) is 30.4 Å². The highest BCUT2D eigenvalue weighted by molar-refractivity contribution is 7.92. The third-order valence-corrected chi connectivity index (χ3v) is 5.03. The number of nitrogens with one attached hydrogen (secondary N) is 2. The normalized spacial score (nSPS) is 10.9. The first-order valence-electron chi connectivity index (χ1n) is 7.96. The van der Waals surface area contributed by atoms with Crippen LogP contribution < -0.4 is 19.5 Å². The van der Waals surface area contributed by atoms with Gasteiger partial charge in [0.25, 0.3) is 15.9 Å². The minimum absolute atomic E-state index is 0.0527. The fraction of sp³-hybridized carbons (Fsp3) is 0.278. The summed E-state index contributed by atoms with van der Waals surface area (Å²) in [4.78, 5) is 12.1. The number of sulfonamides is 1. The van der Waals surface area contributed by atoms with Crippen LogP contribution >= 0.6 is 0 Å². The van der Waals surface area contributed by atoms with E-state index in [2.05, 4.69) is 10.0 Å². The Hall–Kier alpha value is -2.74. The number of hydrogen-bond acceptors (Lipinski definition) is 5. The van der Waals surface area contributed by atoms with Crippen LogP contribution in [0.25, 0.3) is 0 Å². The van der Waals surface area contributed by atoms with E-state index in [1.54, 1.807) is 19.1 Å². The molecule has 140 valence electrons. The predicted molar refractivity (Wildman–Crippen MR) is 99.5 cm³/mol. The fourth-order valence-electron chi connectivity index (χ4n) is 2.39. The molecule has 0 fully saturated rings. The summed E-state index contributed by atoms with van der Waals surface area (Å²) in [6.07, 6.45) is 0. The number of ether oxygens (including phenoxy) is 2. The van der Waals surface area contributed by atoms with Crippen LogP contribution in [-0.2, 0) is 10.0 Å². The smallest absolute Gasteiger partial charge is 0.262 e. The van der Waals surface area contributed by atoms with Gasteiger partial charge in [0.1, 0.15) is 11.5 Å². The number of hydrogen-bond donors (Lipinski definition) is 2. The van der Waals surface area contributed by atoms with E-state index in [0.717, 1.165) is 5.56 Å². The molecule has 2 N–H and O–H groups in total. The molecule has 7 nitrogen and oxygen atoms in total. The monoisotopic (exact) mass is 378 g/mol. The number of rotatable bonds is 7. The summed E-state index contributed by atoms with van der Waals surface area (Å²) < 4.78 is 38.4. The van der Waals surface area contributed by atoms with Gasteiger partial charge in [-0.15, -0.1) is 0 Å². The first-order chi connectivity index (χ1) is 12.3. The Morgan fingerprint density at radius 1 is 1.04 bits per heavy atom. The van der Waals surface area contributed by atoms with E-state index in [-0.39, 0.29) is 10.5 Å². The van der Waals surface area contributed by atoms with Crippen LogP contribution in [0.5, 0.6) is 11.5 Å². The molecule has 26 heavy (non-hydrogen) atoms. The third kappa shape index (κ3) is 4.26. The topological polar surface area (TPSA) is 93.7 Å². The van der Waals surface area contributed by atoms with Gasteiger partial charge in [-0.05, 0) is 49.7 Å². The summed E-state index contributed by atoms with van der Waals surface area (Å²) in [6.45, 7) is 4.03. The lowest BCUT2D eigenvalue weighted by atomic mass is 10.2. The van der Waals surface area contributed by atoms with E-state index < -0.39 is 15.9 Å². The second-order valence-electron chi connectivity index (χ2n) is 5.53. The average molecular weight is 378 g/mol.